The fourth-order valence-corrected chi connectivity index (χ4v) is 3.36. The van der Waals surface area contributed by atoms with Crippen LogP contribution in [0.25, 0.3) is 11.0 Å². The Morgan fingerprint density at radius 2 is 1.88 bits per heavy atom. The van der Waals surface area contributed by atoms with E-state index in [9.17, 15) is 14.4 Å². The zero-order chi connectivity index (χ0) is 18.9. The standard InChI is InChI=1S/C19H25N3O4/c1-19(2,3)26-16(23)12-21-13-8-4-5-9-14(13)22(18(21)25)15-10-6-7-11-20-17(15)24/h4-5,8-9,15H,6-7,10-12H2,1-3H3,(H,20,24). The SMILES string of the molecule is CC(C)(C)OC(=O)Cn1c(=O)n(C2CCCCNC2=O)c2ccccc21. The van der Waals surface area contributed by atoms with E-state index >= 15 is 0 Å². The lowest BCUT2D eigenvalue weighted by Gasteiger charge is -2.19. The summed E-state index contributed by atoms with van der Waals surface area (Å²) < 4.78 is 8.26. The highest BCUT2D eigenvalue weighted by molar-refractivity contribution is 5.85. The Balaban J connectivity index is 2.05. The minimum atomic E-state index is -0.625. The maximum absolute atomic E-state index is 13.1. The molecule has 2 aromatic rings. The van der Waals surface area contributed by atoms with Crippen molar-refractivity contribution in [3.8, 4) is 0 Å². The van der Waals surface area contributed by atoms with Crippen LogP contribution >= 0.6 is 0 Å². The molecule has 26 heavy (non-hydrogen) atoms. The maximum atomic E-state index is 13.1. The summed E-state index contributed by atoms with van der Waals surface area (Å²) in [5, 5.41) is 2.87. The number of hydrogen-bond acceptors (Lipinski definition) is 4. The Labute approximate surface area is 151 Å². The van der Waals surface area contributed by atoms with Gasteiger partial charge in [0.1, 0.15) is 18.2 Å². The lowest BCUT2D eigenvalue weighted by Crippen LogP contribution is -2.37. The summed E-state index contributed by atoms with van der Waals surface area (Å²) >= 11 is 0. The molecule has 140 valence electrons. The third-order valence-electron chi connectivity index (χ3n) is 4.39. The first-order chi connectivity index (χ1) is 12.3. The molecule has 1 N–H and O–H groups in total. The molecule has 1 atom stereocenters. The Kier molecular flexibility index (Phi) is 4.89. The van der Waals surface area contributed by atoms with Gasteiger partial charge in [0, 0.05) is 6.54 Å². The number of para-hydroxylation sites is 2. The van der Waals surface area contributed by atoms with Crippen LogP contribution in [0.5, 0.6) is 0 Å². The molecule has 7 nitrogen and oxygen atoms in total. The monoisotopic (exact) mass is 359 g/mol. The van der Waals surface area contributed by atoms with Crippen molar-refractivity contribution in [2.75, 3.05) is 6.54 Å². The van der Waals surface area contributed by atoms with E-state index in [-0.39, 0.29) is 18.1 Å². The van der Waals surface area contributed by atoms with Gasteiger partial charge in [-0.05, 0) is 52.2 Å². The van der Waals surface area contributed by atoms with Crippen molar-refractivity contribution in [1.29, 1.82) is 0 Å². The van der Waals surface area contributed by atoms with Gasteiger partial charge in [0.15, 0.2) is 0 Å². The van der Waals surface area contributed by atoms with Crippen molar-refractivity contribution in [1.82, 2.24) is 14.5 Å². The third-order valence-corrected chi connectivity index (χ3v) is 4.39. The lowest BCUT2D eigenvalue weighted by atomic mass is 10.1. The lowest BCUT2D eigenvalue weighted by molar-refractivity contribution is -0.155. The molecule has 1 unspecified atom stereocenters. The van der Waals surface area contributed by atoms with Gasteiger partial charge in [0.25, 0.3) is 0 Å². The van der Waals surface area contributed by atoms with Gasteiger partial charge in [-0.2, -0.15) is 0 Å². The van der Waals surface area contributed by atoms with Crippen LogP contribution in [0.1, 0.15) is 46.1 Å². The zero-order valence-corrected chi connectivity index (χ0v) is 15.4. The molecule has 7 heteroatoms. The average molecular weight is 359 g/mol. The molecule has 3 rings (SSSR count). The number of carbonyl (C=O) groups excluding carboxylic acids is 2. The number of nitrogens with one attached hydrogen (secondary N) is 1. The van der Waals surface area contributed by atoms with E-state index in [1.54, 1.807) is 32.9 Å². The molecular formula is C19H25N3O4. The number of hydrogen-bond donors (Lipinski definition) is 1. The Morgan fingerprint density at radius 3 is 2.58 bits per heavy atom. The first-order valence-corrected chi connectivity index (χ1v) is 8.97. The second kappa shape index (κ2) is 6.97. The molecule has 0 aliphatic carbocycles. The van der Waals surface area contributed by atoms with Crippen LogP contribution in [0.4, 0.5) is 0 Å². The molecule has 0 saturated carbocycles. The van der Waals surface area contributed by atoms with Gasteiger partial charge in [-0.1, -0.05) is 12.1 Å². The zero-order valence-electron chi connectivity index (χ0n) is 15.4. The minimum absolute atomic E-state index is 0.148. The fourth-order valence-electron chi connectivity index (χ4n) is 3.36. The van der Waals surface area contributed by atoms with Crippen LogP contribution in [0, 0.1) is 0 Å². The molecule has 1 aliphatic rings. The molecule has 0 radical (unpaired) electrons. The van der Waals surface area contributed by atoms with E-state index in [4.69, 9.17) is 4.74 Å². The Hall–Kier alpha value is -2.57. The van der Waals surface area contributed by atoms with Crippen molar-refractivity contribution in [3.05, 3.63) is 34.7 Å². The summed E-state index contributed by atoms with van der Waals surface area (Å²) in [5.74, 6) is -0.627. The van der Waals surface area contributed by atoms with E-state index in [1.165, 1.54) is 9.13 Å². The first kappa shape index (κ1) is 18.2. The van der Waals surface area contributed by atoms with Crippen molar-refractivity contribution >= 4 is 22.9 Å². The number of aromatic nitrogens is 2. The summed E-state index contributed by atoms with van der Waals surface area (Å²) in [6.45, 7) is 5.80. The second-order valence-corrected chi connectivity index (χ2v) is 7.62. The number of fused-ring (bicyclic) bond motifs is 1. The molecule has 2 heterocycles. The van der Waals surface area contributed by atoms with Crippen LogP contribution in [0.2, 0.25) is 0 Å². The molecule has 1 aromatic carbocycles. The molecule has 1 fully saturated rings. The van der Waals surface area contributed by atoms with E-state index < -0.39 is 17.6 Å². The molecule has 1 amide bonds. The minimum Gasteiger partial charge on any atom is -0.459 e. The normalized spacial score (nSPS) is 18.4. The summed E-state index contributed by atoms with van der Waals surface area (Å²) in [5.41, 5.74) is 0.294. The fraction of sp³-hybridized carbons (Fsp3) is 0.526. The van der Waals surface area contributed by atoms with Gasteiger partial charge in [-0.25, -0.2) is 4.79 Å². The number of imidazole rings is 1. The smallest absolute Gasteiger partial charge is 0.330 e. The molecule has 1 aromatic heterocycles. The molecular weight excluding hydrogens is 334 g/mol. The van der Waals surface area contributed by atoms with Crippen LogP contribution < -0.4 is 11.0 Å². The number of ether oxygens (including phenoxy) is 1. The van der Waals surface area contributed by atoms with E-state index in [1.807, 2.05) is 12.1 Å². The van der Waals surface area contributed by atoms with E-state index in [2.05, 4.69) is 5.32 Å². The van der Waals surface area contributed by atoms with Crippen molar-refractivity contribution in [2.24, 2.45) is 0 Å². The van der Waals surface area contributed by atoms with Gasteiger partial charge < -0.3 is 10.1 Å². The van der Waals surface area contributed by atoms with Crippen LogP contribution in [-0.2, 0) is 20.9 Å². The largest absolute Gasteiger partial charge is 0.459 e. The number of rotatable bonds is 3. The maximum Gasteiger partial charge on any atom is 0.330 e. The van der Waals surface area contributed by atoms with E-state index in [0.29, 0.717) is 24.0 Å². The third kappa shape index (κ3) is 3.66. The Bertz CT molecular complexity index is 888. The van der Waals surface area contributed by atoms with Crippen LogP contribution in [0.3, 0.4) is 0 Å². The molecule has 0 bridgehead atoms. The number of amides is 1. The second-order valence-electron chi connectivity index (χ2n) is 7.62. The first-order valence-electron chi connectivity index (χ1n) is 8.97. The van der Waals surface area contributed by atoms with E-state index in [0.717, 1.165) is 12.8 Å². The van der Waals surface area contributed by atoms with Gasteiger partial charge in [0.2, 0.25) is 5.91 Å². The van der Waals surface area contributed by atoms with Crippen molar-refractivity contribution in [3.63, 3.8) is 0 Å². The van der Waals surface area contributed by atoms with Gasteiger partial charge in [-0.3, -0.25) is 18.7 Å². The average Bonchev–Trinajstić information content (AvgIpc) is 2.69. The summed E-state index contributed by atoms with van der Waals surface area (Å²) in [6.07, 6.45) is 2.36. The van der Waals surface area contributed by atoms with Gasteiger partial charge in [-0.15, -0.1) is 0 Å². The summed E-state index contributed by atoms with van der Waals surface area (Å²) in [4.78, 5) is 37.8. The number of esters is 1. The molecule has 0 spiro atoms. The molecule has 1 saturated heterocycles. The molecule has 1 aliphatic heterocycles. The topological polar surface area (TPSA) is 82.3 Å². The van der Waals surface area contributed by atoms with Crippen LogP contribution in [-0.4, -0.2) is 33.2 Å². The van der Waals surface area contributed by atoms with Crippen molar-refractivity contribution in [2.45, 2.75) is 58.2 Å². The highest BCUT2D eigenvalue weighted by Crippen LogP contribution is 2.23. The highest BCUT2D eigenvalue weighted by Gasteiger charge is 2.28. The Morgan fingerprint density at radius 1 is 1.19 bits per heavy atom. The van der Waals surface area contributed by atoms with Gasteiger partial charge >= 0.3 is 11.7 Å². The predicted octanol–water partition coefficient (Wildman–Crippen LogP) is 1.99. The van der Waals surface area contributed by atoms with Crippen LogP contribution in [0.15, 0.2) is 29.1 Å². The van der Waals surface area contributed by atoms with Crippen molar-refractivity contribution < 1.29 is 14.3 Å². The quantitative estimate of drug-likeness (QED) is 0.850. The number of benzene rings is 1. The summed E-state index contributed by atoms with van der Waals surface area (Å²) in [6, 6.07) is 6.66. The van der Waals surface area contributed by atoms with Gasteiger partial charge in [0.05, 0.1) is 11.0 Å². The number of carbonyl (C=O) groups is 2. The number of nitrogens with zero attached hydrogens (tertiary/aromatic N) is 2. The highest BCUT2D eigenvalue weighted by atomic mass is 16.6. The summed E-state index contributed by atoms with van der Waals surface area (Å²) in [7, 11) is 0. The predicted molar refractivity (Wildman–Crippen MR) is 97.9 cm³/mol.